The lowest BCUT2D eigenvalue weighted by Crippen LogP contribution is -1.97. The van der Waals surface area contributed by atoms with Gasteiger partial charge in [-0.15, -0.1) is 0 Å². The third kappa shape index (κ3) is 2.46. The quantitative estimate of drug-likeness (QED) is 0.723. The minimum absolute atomic E-state index is 0.458. The third-order valence-electron chi connectivity index (χ3n) is 3.50. The third-order valence-corrected chi connectivity index (χ3v) is 3.50. The summed E-state index contributed by atoms with van der Waals surface area (Å²) in [4.78, 5) is 4.29. The molecule has 0 bridgehead atoms. The van der Waals surface area contributed by atoms with E-state index in [2.05, 4.69) is 10.1 Å². The molecule has 0 aliphatic rings. The van der Waals surface area contributed by atoms with Crippen molar-refractivity contribution in [2.24, 2.45) is 7.05 Å². The highest BCUT2D eigenvalue weighted by Gasteiger charge is 2.10. The number of rotatable bonds is 3. The van der Waals surface area contributed by atoms with E-state index in [4.69, 9.17) is 16.2 Å². The number of pyridine rings is 1. The minimum atomic E-state index is 0.458. The molecule has 6 heteroatoms. The summed E-state index contributed by atoms with van der Waals surface area (Å²) < 4.78 is 7.01. The van der Waals surface area contributed by atoms with Gasteiger partial charge in [0, 0.05) is 36.1 Å². The molecule has 0 atom stereocenters. The van der Waals surface area contributed by atoms with Gasteiger partial charge in [0.2, 0.25) is 0 Å². The molecule has 1 aromatic carbocycles. The molecule has 4 N–H and O–H groups in total. The molecule has 0 aliphatic heterocycles. The van der Waals surface area contributed by atoms with Crippen molar-refractivity contribution in [2.75, 3.05) is 18.6 Å². The molecule has 6 nitrogen and oxygen atoms in total. The number of anilines is 2. The Morgan fingerprint density at radius 1 is 1.05 bits per heavy atom. The Labute approximate surface area is 128 Å². The number of aromatic nitrogens is 3. The van der Waals surface area contributed by atoms with Crippen molar-refractivity contribution in [1.82, 2.24) is 14.8 Å². The van der Waals surface area contributed by atoms with E-state index in [1.54, 1.807) is 30.3 Å². The average Bonchev–Trinajstić information content (AvgIpc) is 2.95. The second kappa shape index (κ2) is 5.40. The van der Waals surface area contributed by atoms with Gasteiger partial charge in [-0.2, -0.15) is 5.10 Å². The lowest BCUT2D eigenvalue weighted by molar-refractivity contribution is 0.417. The molecule has 22 heavy (non-hydrogen) atoms. The van der Waals surface area contributed by atoms with Gasteiger partial charge in [-0.05, 0) is 23.8 Å². The molecule has 0 fully saturated rings. The molecule has 0 saturated heterocycles. The number of hydrogen-bond acceptors (Lipinski definition) is 5. The summed E-state index contributed by atoms with van der Waals surface area (Å²) in [6, 6.07) is 7.54. The number of nitrogen functional groups attached to an aromatic ring is 2. The molecule has 0 unspecified atom stereocenters. The van der Waals surface area contributed by atoms with Crippen molar-refractivity contribution in [3.8, 4) is 28.0 Å². The van der Waals surface area contributed by atoms with Crippen LogP contribution in [0.25, 0.3) is 22.3 Å². The topological polar surface area (TPSA) is 92.0 Å². The Balaban J connectivity index is 2.10. The van der Waals surface area contributed by atoms with Crippen LogP contribution in [0.4, 0.5) is 11.5 Å². The zero-order chi connectivity index (χ0) is 15.7. The molecule has 2 aromatic heterocycles. The van der Waals surface area contributed by atoms with Crippen molar-refractivity contribution < 1.29 is 4.74 Å². The van der Waals surface area contributed by atoms with Crippen LogP contribution >= 0.6 is 0 Å². The fourth-order valence-electron chi connectivity index (χ4n) is 2.31. The first-order chi connectivity index (χ1) is 10.6. The van der Waals surface area contributed by atoms with Crippen LogP contribution in [0.15, 0.2) is 42.9 Å². The van der Waals surface area contributed by atoms with E-state index >= 15 is 0 Å². The highest BCUT2D eigenvalue weighted by molar-refractivity contribution is 5.80. The van der Waals surface area contributed by atoms with Gasteiger partial charge in [-0.3, -0.25) is 4.68 Å². The van der Waals surface area contributed by atoms with Crippen LogP contribution in [0, 0.1) is 0 Å². The molecule has 0 amide bonds. The van der Waals surface area contributed by atoms with Gasteiger partial charge in [0.25, 0.3) is 0 Å². The van der Waals surface area contributed by atoms with E-state index in [1.165, 1.54) is 0 Å². The average molecular weight is 295 g/mol. The fraction of sp³-hybridized carbons (Fsp3) is 0.125. The number of nitrogens with two attached hydrogens (primary N) is 2. The first-order valence-electron chi connectivity index (χ1n) is 6.77. The van der Waals surface area contributed by atoms with Crippen LogP contribution in [0.5, 0.6) is 5.75 Å². The maximum Gasteiger partial charge on any atom is 0.142 e. The molecule has 3 aromatic rings. The molecule has 112 valence electrons. The van der Waals surface area contributed by atoms with Gasteiger partial charge in [0.05, 0.1) is 19.0 Å². The number of methoxy groups -OCH3 is 1. The number of aryl methyl sites for hydroxylation is 1. The molecule has 0 saturated carbocycles. The summed E-state index contributed by atoms with van der Waals surface area (Å²) in [5.74, 6) is 1.07. The predicted molar refractivity (Wildman–Crippen MR) is 87.3 cm³/mol. The second-order valence-electron chi connectivity index (χ2n) is 5.02. The second-order valence-corrected chi connectivity index (χ2v) is 5.02. The lowest BCUT2D eigenvalue weighted by atomic mass is 10.0. The monoisotopic (exact) mass is 295 g/mol. The Hall–Kier alpha value is -3.02. The number of ether oxygens (including phenoxy) is 1. The lowest BCUT2D eigenvalue weighted by Gasteiger charge is -2.10. The van der Waals surface area contributed by atoms with E-state index < -0.39 is 0 Å². The molecule has 0 aliphatic carbocycles. The van der Waals surface area contributed by atoms with E-state index in [0.717, 1.165) is 22.3 Å². The molecule has 2 heterocycles. The zero-order valence-electron chi connectivity index (χ0n) is 12.4. The molecule has 0 radical (unpaired) electrons. The first-order valence-corrected chi connectivity index (χ1v) is 6.77. The summed E-state index contributed by atoms with van der Waals surface area (Å²) in [5, 5.41) is 4.18. The Morgan fingerprint density at radius 3 is 2.55 bits per heavy atom. The number of nitrogens with zero attached hydrogens (tertiary/aromatic N) is 3. The summed E-state index contributed by atoms with van der Waals surface area (Å²) in [7, 11) is 3.46. The smallest absolute Gasteiger partial charge is 0.142 e. The summed E-state index contributed by atoms with van der Waals surface area (Å²) in [5.41, 5.74) is 16.1. The Morgan fingerprint density at radius 2 is 1.86 bits per heavy atom. The Bertz CT molecular complexity index is 825. The number of hydrogen-bond donors (Lipinski definition) is 2. The van der Waals surface area contributed by atoms with Crippen molar-refractivity contribution in [3.63, 3.8) is 0 Å². The zero-order valence-corrected chi connectivity index (χ0v) is 12.4. The van der Waals surface area contributed by atoms with E-state index in [-0.39, 0.29) is 0 Å². The molecule has 3 rings (SSSR count). The van der Waals surface area contributed by atoms with Crippen LogP contribution in [-0.4, -0.2) is 21.9 Å². The van der Waals surface area contributed by atoms with Crippen LogP contribution in [0.3, 0.4) is 0 Å². The van der Waals surface area contributed by atoms with Crippen LogP contribution < -0.4 is 16.2 Å². The molecular weight excluding hydrogens is 278 g/mol. The SMILES string of the molecule is COc1cc(-c2cc(-c3cnn(C)c3)cnc2N)ccc1N. The predicted octanol–water partition coefficient (Wildman–Crippen LogP) is 2.32. The van der Waals surface area contributed by atoms with Crippen molar-refractivity contribution >= 4 is 11.5 Å². The van der Waals surface area contributed by atoms with Crippen molar-refractivity contribution in [1.29, 1.82) is 0 Å². The first kappa shape index (κ1) is 13.9. The summed E-state index contributed by atoms with van der Waals surface area (Å²) in [6.07, 6.45) is 5.46. The van der Waals surface area contributed by atoms with E-state index in [0.29, 0.717) is 17.3 Å². The van der Waals surface area contributed by atoms with Gasteiger partial charge < -0.3 is 16.2 Å². The minimum Gasteiger partial charge on any atom is -0.495 e. The molecular formula is C16H17N5O. The normalized spacial score (nSPS) is 10.6. The highest BCUT2D eigenvalue weighted by atomic mass is 16.5. The van der Waals surface area contributed by atoms with Gasteiger partial charge in [0.1, 0.15) is 11.6 Å². The summed E-state index contributed by atoms with van der Waals surface area (Å²) >= 11 is 0. The van der Waals surface area contributed by atoms with Gasteiger partial charge in [0.15, 0.2) is 0 Å². The fourth-order valence-corrected chi connectivity index (χ4v) is 2.31. The van der Waals surface area contributed by atoms with Crippen LogP contribution in [0.1, 0.15) is 0 Å². The van der Waals surface area contributed by atoms with E-state index in [9.17, 15) is 0 Å². The molecule has 0 spiro atoms. The van der Waals surface area contributed by atoms with E-state index in [1.807, 2.05) is 31.4 Å². The van der Waals surface area contributed by atoms with Crippen LogP contribution in [0.2, 0.25) is 0 Å². The van der Waals surface area contributed by atoms with Crippen molar-refractivity contribution in [3.05, 3.63) is 42.9 Å². The maximum absolute atomic E-state index is 6.03. The maximum atomic E-state index is 6.03. The van der Waals surface area contributed by atoms with Gasteiger partial charge in [-0.1, -0.05) is 6.07 Å². The van der Waals surface area contributed by atoms with Crippen LogP contribution in [-0.2, 0) is 7.05 Å². The van der Waals surface area contributed by atoms with Gasteiger partial charge in [-0.25, -0.2) is 4.98 Å². The largest absolute Gasteiger partial charge is 0.495 e. The van der Waals surface area contributed by atoms with Crippen molar-refractivity contribution in [2.45, 2.75) is 0 Å². The Kier molecular flexibility index (Phi) is 3.42. The standard InChI is InChI=1S/C16H17N5O/c1-21-9-12(8-20-21)11-5-13(16(18)19-7-11)10-3-4-14(17)15(6-10)22-2/h3-9H,17H2,1-2H3,(H2,18,19). The number of benzene rings is 1. The highest BCUT2D eigenvalue weighted by Crippen LogP contribution is 2.33. The summed E-state index contributed by atoms with van der Waals surface area (Å²) in [6.45, 7) is 0. The van der Waals surface area contributed by atoms with Gasteiger partial charge >= 0.3 is 0 Å².